The van der Waals surface area contributed by atoms with Crippen LogP contribution in [0.2, 0.25) is 0 Å². The Morgan fingerprint density at radius 2 is 1.05 bits per heavy atom. The van der Waals surface area contributed by atoms with Gasteiger partial charge in [-0.2, -0.15) is 21.0 Å². The highest BCUT2D eigenvalue weighted by Gasteiger charge is 2.41. The predicted octanol–water partition coefficient (Wildman–Crippen LogP) is 2.98. The third kappa shape index (κ3) is 5.23. The molecular formula is C14H20N5O2P. The Labute approximate surface area is 133 Å². The molecule has 0 amide bonds. The number of nitrogens with zero attached hydrogens (tertiary/aromatic N) is 5. The van der Waals surface area contributed by atoms with Crippen LogP contribution in [0.5, 0.6) is 0 Å². The summed E-state index contributed by atoms with van der Waals surface area (Å²) in [4.78, 5) is 0. The standard InChI is InChI=1S/C14H20N5O2P/c1-11(2)19(12(3)4)22(20-13(5,7-15)8-16)21-14(6,9-17)10-18/h11-12H,1-6H3. The van der Waals surface area contributed by atoms with Gasteiger partial charge >= 0.3 is 0 Å². The van der Waals surface area contributed by atoms with Gasteiger partial charge in [0.2, 0.25) is 11.2 Å². The van der Waals surface area contributed by atoms with Crippen LogP contribution in [0.25, 0.3) is 0 Å². The lowest BCUT2D eigenvalue weighted by Crippen LogP contribution is -2.38. The maximum Gasteiger partial charge on any atom is 0.264 e. The number of hydrogen-bond acceptors (Lipinski definition) is 7. The van der Waals surface area contributed by atoms with Crippen molar-refractivity contribution in [2.24, 2.45) is 0 Å². The Balaban J connectivity index is 5.72. The van der Waals surface area contributed by atoms with E-state index in [-0.39, 0.29) is 12.1 Å². The van der Waals surface area contributed by atoms with Crippen molar-refractivity contribution in [2.75, 3.05) is 0 Å². The summed E-state index contributed by atoms with van der Waals surface area (Å²) >= 11 is 0. The van der Waals surface area contributed by atoms with Gasteiger partial charge in [0.25, 0.3) is 8.53 Å². The minimum absolute atomic E-state index is 0.0330. The molecule has 0 aliphatic carbocycles. The fourth-order valence-electron chi connectivity index (χ4n) is 1.53. The quantitative estimate of drug-likeness (QED) is 0.661. The van der Waals surface area contributed by atoms with E-state index in [0.717, 1.165) is 0 Å². The molecule has 0 heterocycles. The maximum absolute atomic E-state index is 9.11. The zero-order valence-corrected chi connectivity index (χ0v) is 14.5. The van der Waals surface area contributed by atoms with E-state index in [2.05, 4.69) is 0 Å². The van der Waals surface area contributed by atoms with Crippen LogP contribution in [0.3, 0.4) is 0 Å². The molecule has 0 saturated carbocycles. The van der Waals surface area contributed by atoms with Gasteiger partial charge in [-0.3, -0.25) is 9.05 Å². The van der Waals surface area contributed by atoms with E-state index in [9.17, 15) is 0 Å². The lowest BCUT2D eigenvalue weighted by molar-refractivity contribution is 0.101. The van der Waals surface area contributed by atoms with Crippen molar-refractivity contribution in [1.29, 1.82) is 21.0 Å². The first-order chi connectivity index (χ1) is 10.1. The summed E-state index contributed by atoms with van der Waals surface area (Å²) in [6, 6.07) is 7.03. The highest BCUT2D eigenvalue weighted by molar-refractivity contribution is 7.44. The minimum atomic E-state index is -1.96. The topological polar surface area (TPSA) is 117 Å². The Hall–Kier alpha value is -1.73. The van der Waals surface area contributed by atoms with Crippen LogP contribution in [0, 0.1) is 45.3 Å². The second-order valence-corrected chi connectivity index (χ2v) is 6.80. The smallest absolute Gasteiger partial charge is 0.264 e. The summed E-state index contributed by atoms with van der Waals surface area (Å²) in [6.07, 6.45) is 0. The first kappa shape index (κ1) is 20.3. The van der Waals surface area contributed by atoms with Gasteiger partial charge in [-0.05, 0) is 41.5 Å². The van der Waals surface area contributed by atoms with E-state index in [0.29, 0.717) is 0 Å². The first-order valence-electron chi connectivity index (χ1n) is 6.69. The van der Waals surface area contributed by atoms with Gasteiger partial charge in [0.1, 0.15) is 24.3 Å². The van der Waals surface area contributed by atoms with Crippen molar-refractivity contribution < 1.29 is 9.05 Å². The Kier molecular flexibility index (Phi) is 7.42. The molecule has 0 N–H and O–H groups in total. The van der Waals surface area contributed by atoms with Crippen molar-refractivity contribution in [3.8, 4) is 24.3 Å². The zero-order chi connectivity index (χ0) is 17.6. The molecule has 0 aromatic heterocycles. The van der Waals surface area contributed by atoms with Crippen LogP contribution < -0.4 is 0 Å². The van der Waals surface area contributed by atoms with E-state index in [1.807, 2.05) is 27.7 Å². The van der Waals surface area contributed by atoms with Crippen LogP contribution in [0.4, 0.5) is 0 Å². The molecule has 0 rings (SSSR count). The third-order valence-corrected chi connectivity index (χ3v) is 4.97. The predicted molar refractivity (Wildman–Crippen MR) is 80.5 cm³/mol. The zero-order valence-electron chi connectivity index (χ0n) is 13.7. The van der Waals surface area contributed by atoms with Gasteiger partial charge in [0, 0.05) is 12.1 Å². The second-order valence-electron chi connectivity index (χ2n) is 5.50. The van der Waals surface area contributed by atoms with E-state index < -0.39 is 19.7 Å². The summed E-state index contributed by atoms with van der Waals surface area (Å²) < 4.78 is 12.9. The molecule has 0 radical (unpaired) electrons. The van der Waals surface area contributed by atoms with Gasteiger partial charge in [0.15, 0.2) is 0 Å². The summed E-state index contributed by atoms with van der Waals surface area (Å²) in [5.74, 6) is 0. The maximum atomic E-state index is 9.11. The van der Waals surface area contributed by atoms with Gasteiger partial charge in [-0.25, -0.2) is 4.67 Å². The molecule has 0 aliphatic rings. The number of rotatable bonds is 7. The number of hydrogen-bond donors (Lipinski definition) is 0. The summed E-state index contributed by atoms with van der Waals surface area (Å²) in [5.41, 5.74) is -3.45. The van der Waals surface area contributed by atoms with Crippen LogP contribution in [0.1, 0.15) is 41.5 Å². The van der Waals surface area contributed by atoms with E-state index >= 15 is 0 Å². The molecule has 0 bridgehead atoms. The highest BCUT2D eigenvalue weighted by atomic mass is 31.2. The lowest BCUT2D eigenvalue weighted by Gasteiger charge is -2.38. The highest BCUT2D eigenvalue weighted by Crippen LogP contribution is 2.51. The average molecular weight is 321 g/mol. The molecule has 0 spiro atoms. The fourth-order valence-corrected chi connectivity index (χ4v) is 3.30. The van der Waals surface area contributed by atoms with E-state index in [1.54, 1.807) is 28.9 Å². The van der Waals surface area contributed by atoms with Crippen molar-refractivity contribution >= 4 is 8.53 Å². The molecule has 0 aromatic rings. The molecule has 0 saturated heterocycles. The SMILES string of the molecule is CC(C)N(C(C)C)P(OC(C)(C#N)C#N)OC(C)(C#N)C#N. The largest absolute Gasteiger partial charge is 0.286 e. The summed E-state index contributed by atoms with van der Waals surface area (Å²) in [5, 5.41) is 36.5. The van der Waals surface area contributed by atoms with E-state index in [4.69, 9.17) is 30.1 Å². The van der Waals surface area contributed by atoms with Gasteiger partial charge in [0.05, 0.1) is 0 Å². The fraction of sp³-hybridized carbons (Fsp3) is 0.714. The van der Waals surface area contributed by atoms with Gasteiger partial charge in [-0.15, -0.1) is 0 Å². The summed E-state index contributed by atoms with van der Waals surface area (Å²) in [7, 11) is -1.96. The summed E-state index contributed by atoms with van der Waals surface area (Å²) in [6.45, 7) is 10.2. The van der Waals surface area contributed by atoms with Crippen molar-refractivity contribution in [3.05, 3.63) is 0 Å². The van der Waals surface area contributed by atoms with Crippen molar-refractivity contribution in [3.63, 3.8) is 0 Å². The lowest BCUT2D eigenvalue weighted by atomic mass is 10.2. The Morgan fingerprint density at radius 3 is 1.23 bits per heavy atom. The average Bonchev–Trinajstić information content (AvgIpc) is 2.46. The Morgan fingerprint density at radius 1 is 0.773 bits per heavy atom. The van der Waals surface area contributed by atoms with Crippen LogP contribution in [-0.4, -0.2) is 28.0 Å². The van der Waals surface area contributed by atoms with E-state index in [1.165, 1.54) is 13.8 Å². The molecule has 0 fully saturated rings. The molecule has 0 unspecified atom stereocenters. The van der Waals surface area contributed by atoms with Crippen molar-refractivity contribution in [2.45, 2.75) is 64.8 Å². The Bertz CT molecular complexity index is 474. The molecule has 0 aliphatic heterocycles. The van der Waals surface area contributed by atoms with Gasteiger partial charge < -0.3 is 0 Å². The molecule has 8 heteroatoms. The van der Waals surface area contributed by atoms with Crippen LogP contribution in [-0.2, 0) is 9.05 Å². The van der Waals surface area contributed by atoms with Crippen LogP contribution in [0.15, 0.2) is 0 Å². The van der Waals surface area contributed by atoms with Crippen LogP contribution >= 0.6 is 8.53 Å². The van der Waals surface area contributed by atoms with Crippen molar-refractivity contribution in [1.82, 2.24) is 4.67 Å². The number of nitriles is 4. The minimum Gasteiger partial charge on any atom is -0.286 e. The molecule has 0 atom stereocenters. The first-order valence-corrected chi connectivity index (χ1v) is 7.82. The monoisotopic (exact) mass is 321 g/mol. The molecule has 0 aromatic carbocycles. The molecule has 7 nitrogen and oxygen atoms in total. The molecular weight excluding hydrogens is 301 g/mol. The normalized spacial score (nSPS) is 12.1. The second kappa shape index (κ2) is 8.05. The third-order valence-electron chi connectivity index (χ3n) is 2.62. The molecule has 22 heavy (non-hydrogen) atoms. The van der Waals surface area contributed by atoms with Gasteiger partial charge in [-0.1, -0.05) is 0 Å². The molecule has 118 valence electrons.